The van der Waals surface area contributed by atoms with Gasteiger partial charge in [-0.3, -0.25) is 0 Å². The van der Waals surface area contributed by atoms with Gasteiger partial charge in [-0.2, -0.15) is 0 Å². The number of pyridine rings is 1. The lowest BCUT2D eigenvalue weighted by Gasteiger charge is -2.11. The van der Waals surface area contributed by atoms with Crippen LogP contribution in [0.4, 0.5) is 14.6 Å². The number of carbonyl (C=O) groups excluding carboxylic acids is 1. The molecule has 4 nitrogen and oxygen atoms in total. The molecule has 0 aromatic carbocycles. The average Bonchev–Trinajstić information content (AvgIpc) is 2.28. The highest BCUT2D eigenvalue weighted by Crippen LogP contribution is 2.28. The Morgan fingerprint density at radius 2 is 2.29 bits per heavy atom. The number of nitrogens with two attached hydrogens (primary N) is 1. The Labute approximate surface area is 105 Å². The largest absolute Gasteiger partial charge is 0.461 e. The molecule has 0 bridgehead atoms. The summed E-state index contributed by atoms with van der Waals surface area (Å²) in [5, 5.41) is 0.147. The van der Waals surface area contributed by atoms with Gasteiger partial charge in [-0.1, -0.05) is 15.9 Å². The van der Waals surface area contributed by atoms with Crippen LogP contribution >= 0.6 is 15.9 Å². The van der Waals surface area contributed by atoms with Crippen molar-refractivity contribution in [1.82, 2.24) is 4.98 Å². The van der Waals surface area contributed by atoms with Gasteiger partial charge >= 0.3 is 5.97 Å². The summed E-state index contributed by atoms with van der Waals surface area (Å²) in [4.78, 5) is 15.1. The lowest BCUT2D eigenvalue weighted by Crippen LogP contribution is -2.12. The summed E-state index contributed by atoms with van der Waals surface area (Å²) in [6.45, 7) is 1.76. The van der Waals surface area contributed by atoms with Crippen LogP contribution in [0.25, 0.3) is 0 Å². The van der Waals surface area contributed by atoms with Crippen molar-refractivity contribution in [2.24, 2.45) is 0 Å². The predicted octanol–water partition coefficient (Wildman–Crippen LogP) is 2.67. The van der Waals surface area contributed by atoms with E-state index in [4.69, 9.17) is 5.73 Å². The number of hydrogen-bond acceptors (Lipinski definition) is 4. The van der Waals surface area contributed by atoms with Gasteiger partial charge in [0, 0.05) is 16.5 Å². The molecule has 94 valence electrons. The van der Waals surface area contributed by atoms with Gasteiger partial charge in [0.1, 0.15) is 5.82 Å². The van der Waals surface area contributed by atoms with E-state index in [1.165, 1.54) is 0 Å². The standard InChI is InChI=1S/C10H11BrF2N2O2/c1-2-17-10(16)7-3-5(8(12)13)6(4-11)9(14)15-7/h3,8H,2,4H2,1H3,(H2,14,15). The topological polar surface area (TPSA) is 65.2 Å². The van der Waals surface area contributed by atoms with Gasteiger partial charge in [-0.15, -0.1) is 0 Å². The number of aromatic nitrogens is 1. The number of halogens is 3. The third-order valence-electron chi connectivity index (χ3n) is 2.04. The fraction of sp³-hybridized carbons (Fsp3) is 0.400. The van der Waals surface area contributed by atoms with Crippen molar-refractivity contribution in [3.05, 3.63) is 22.9 Å². The molecule has 0 unspecified atom stereocenters. The molecule has 1 rings (SSSR count). The SMILES string of the molecule is CCOC(=O)c1cc(C(F)F)c(CBr)c(N)n1. The van der Waals surface area contributed by atoms with Gasteiger partial charge in [0.05, 0.1) is 6.61 Å². The minimum absolute atomic E-state index is 0.0947. The molecule has 7 heteroatoms. The Hall–Kier alpha value is -1.24. The van der Waals surface area contributed by atoms with Crippen LogP contribution in [0.1, 0.15) is 35.0 Å². The number of rotatable bonds is 4. The maximum absolute atomic E-state index is 12.8. The van der Waals surface area contributed by atoms with E-state index < -0.39 is 12.4 Å². The van der Waals surface area contributed by atoms with Gasteiger partial charge < -0.3 is 10.5 Å². The number of esters is 1. The van der Waals surface area contributed by atoms with E-state index in [2.05, 4.69) is 25.7 Å². The summed E-state index contributed by atoms with van der Waals surface area (Å²) >= 11 is 3.05. The molecular formula is C10H11BrF2N2O2. The summed E-state index contributed by atoms with van der Waals surface area (Å²) in [7, 11) is 0. The third-order valence-corrected chi connectivity index (χ3v) is 2.60. The van der Waals surface area contributed by atoms with Crippen LogP contribution in [0, 0.1) is 0 Å². The van der Waals surface area contributed by atoms with Gasteiger partial charge in [0.25, 0.3) is 6.43 Å². The summed E-state index contributed by atoms with van der Waals surface area (Å²) < 4.78 is 30.2. The first-order valence-electron chi connectivity index (χ1n) is 4.81. The highest BCUT2D eigenvalue weighted by atomic mass is 79.9. The van der Waals surface area contributed by atoms with Gasteiger partial charge in [0.15, 0.2) is 5.69 Å². The average molecular weight is 309 g/mol. The summed E-state index contributed by atoms with van der Waals surface area (Å²) in [5.74, 6) is -0.857. The van der Waals surface area contributed by atoms with Crippen molar-refractivity contribution in [3.63, 3.8) is 0 Å². The van der Waals surface area contributed by atoms with Crippen molar-refractivity contribution < 1.29 is 18.3 Å². The molecule has 0 saturated carbocycles. The first kappa shape index (κ1) is 13.8. The Bertz CT molecular complexity index is 427. The van der Waals surface area contributed by atoms with Gasteiger partial charge in [0.2, 0.25) is 0 Å². The molecule has 0 amide bonds. The highest BCUT2D eigenvalue weighted by Gasteiger charge is 2.20. The maximum atomic E-state index is 12.8. The second-order valence-electron chi connectivity index (χ2n) is 3.12. The number of anilines is 1. The minimum Gasteiger partial charge on any atom is -0.461 e. The number of nitrogen functional groups attached to an aromatic ring is 1. The van der Waals surface area contributed by atoms with E-state index in [1.54, 1.807) is 6.92 Å². The number of hydrogen-bond donors (Lipinski definition) is 1. The molecule has 0 radical (unpaired) electrons. The van der Waals surface area contributed by atoms with E-state index in [0.29, 0.717) is 0 Å². The molecule has 2 N–H and O–H groups in total. The molecule has 0 saturated heterocycles. The first-order valence-corrected chi connectivity index (χ1v) is 5.93. The van der Waals surface area contributed by atoms with Crippen LogP contribution in [0.2, 0.25) is 0 Å². The minimum atomic E-state index is -2.72. The monoisotopic (exact) mass is 308 g/mol. The fourth-order valence-electron chi connectivity index (χ4n) is 1.26. The molecule has 0 fully saturated rings. The molecule has 0 aliphatic rings. The molecule has 1 aromatic heterocycles. The van der Waals surface area contributed by atoms with Crippen LogP contribution in [-0.2, 0) is 10.1 Å². The van der Waals surface area contributed by atoms with Gasteiger partial charge in [-0.05, 0) is 13.0 Å². The van der Waals surface area contributed by atoms with E-state index in [0.717, 1.165) is 6.07 Å². The second kappa shape index (κ2) is 5.90. The smallest absolute Gasteiger partial charge is 0.357 e. The number of nitrogens with zero attached hydrogens (tertiary/aromatic N) is 1. The molecular weight excluding hydrogens is 298 g/mol. The van der Waals surface area contributed by atoms with Crippen molar-refractivity contribution in [1.29, 1.82) is 0 Å². The quantitative estimate of drug-likeness (QED) is 0.686. The lowest BCUT2D eigenvalue weighted by atomic mass is 10.1. The molecule has 0 aliphatic heterocycles. The van der Waals surface area contributed by atoms with Crippen LogP contribution < -0.4 is 5.73 Å². The van der Waals surface area contributed by atoms with Crippen LogP contribution in [0.15, 0.2) is 6.07 Å². The summed E-state index contributed by atoms with van der Waals surface area (Å²) in [6, 6.07) is 1.01. The van der Waals surface area contributed by atoms with Crippen LogP contribution in [0.5, 0.6) is 0 Å². The van der Waals surface area contributed by atoms with Crippen LogP contribution in [0.3, 0.4) is 0 Å². The molecule has 1 heterocycles. The summed E-state index contributed by atoms with van der Waals surface area (Å²) in [6.07, 6.45) is -2.72. The molecule has 0 spiro atoms. The van der Waals surface area contributed by atoms with E-state index in [1.807, 2.05) is 0 Å². The van der Waals surface area contributed by atoms with E-state index in [-0.39, 0.29) is 34.6 Å². The zero-order valence-corrected chi connectivity index (χ0v) is 10.6. The number of ether oxygens (including phenoxy) is 1. The molecule has 0 aliphatic carbocycles. The molecule has 1 aromatic rings. The van der Waals surface area contributed by atoms with Gasteiger partial charge in [-0.25, -0.2) is 18.6 Å². The lowest BCUT2D eigenvalue weighted by molar-refractivity contribution is 0.0519. The first-order chi connectivity index (χ1) is 8.01. The zero-order chi connectivity index (χ0) is 13.0. The highest BCUT2D eigenvalue weighted by molar-refractivity contribution is 9.08. The number of carbonyl (C=O) groups is 1. The van der Waals surface area contributed by atoms with E-state index >= 15 is 0 Å². The Morgan fingerprint density at radius 1 is 1.65 bits per heavy atom. The van der Waals surface area contributed by atoms with Crippen molar-refractivity contribution in [2.75, 3.05) is 12.3 Å². The van der Waals surface area contributed by atoms with Crippen LogP contribution in [-0.4, -0.2) is 17.6 Å². The Morgan fingerprint density at radius 3 is 2.76 bits per heavy atom. The molecule has 0 atom stereocenters. The van der Waals surface area contributed by atoms with Crippen molar-refractivity contribution >= 4 is 27.7 Å². The maximum Gasteiger partial charge on any atom is 0.357 e. The van der Waals surface area contributed by atoms with Crippen molar-refractivity contribution in [2.45, 2.75) is 18.7 Å². The second-order valence-corrected chi connectivity index (χ2v) is 3.68. The number of alkyl halides is 3. The predicted molar refractivity (Wildman–Crippen MR) is 62.2 cm³/mol. The molecule has 17 heavy (non-hydrogen) atoms. The summed E-state index contributed by atoms with van der Waals surface area (Å²) in [5.41, 5.74) is 5.20. The fourth-order valence-corrected chi connectivity index (χ4v) is 1.87. The normalized spacial score (nSPS) is 10.6. The van der Waals surface area contributed by atoms with E-state index in [9.17, 15) is 13.6 Å². The zero-order valence-electron chi connectivity index (χ0n) is 9.04. The Kier molecular flexibility index (Phi) is 4.80. The van der Waals surface area contributed by atoms with Crippen molar-refractivity contribution in [3.8, 4) is 0 Å². The Balaban J connectivity index is 3.24. The third kappa shape index (κ3) is 3.12.